The third kappa shape index (κ3) is 2.98. The summed E-state index contributed by atoms with van der Waals surface area (Å²) in [4.78, 5) is 0. The summed E-state index contributed by atoms with van der Waals surface area (Å²) in [7, 11) is 0. The molecule has 0 aromatic heterocycles. The predicted molar refractivity (Wildman–Crippen MR) is 70.3 cm³/mol. The summed E-state index contributed by atoms with van der Waals surface area (Å²) in [5, 5.41) is 8.85. The molecule has 1 N–H and O–H groups in total. The Hall–Kier alpha value is -0.560. The standard InChI is InChI=1S/C15H26O/c1-12(9-11-16)8-10-15(4)13(2)6-5-7-14(15)3/h6,9,14,16H,5,7-8,10-11H2,1-4H3. The van der Waals surface area contributed by atoms with E-state index in [1.807, 2.05) is 6.08 Å². The minimum absolute atomic E-state index is 0.174. The highest BCUT2D eigenvalue weighted by molar-refractivity contribution is 5.16. The van der Waals surface area contributed by atoms with Gasteiger partial charge in [0.05, 0.1) is 6.61 Å². The van der Waals surface area contributed by atoms with Crippen LogP contribution in [0.2, 0.25) is 0 Å². The van der Waals surface area contributed by atoms with E-state index in [1.165, 1.54) is 24.8 Å². The lowest BCUT2D eigenvalue weighted by Crippen LogP contribution is -2.29. The average molecular weight is 222 g/mol. The highest BCUT2D eigenvalue weighted by Gasteiger charge is 2.34. The van der Waals surface area contributed by atoms with Gasteiger partial charge in [0, 0.05) is 0 Å². The summed E-state index contributed by atoms with van der Waals surface area (Å²) in [6.45, 7) is 9.34. The molecule has 2 unspecified atom stereocenters. The largest absolute Gasteiger partial charge is 0.392 e. The monoisotopic (exact) mass is 222 g/mol. The zero-order valence-corrected chi connectivity index (χ0v) is 11.2. The van der Waals surface area contributed by atoms with Crippen LogP contribution in [0, 0.1) is 11.3 Å². The van der Waals surface area contributed by atoms with Crippen LogP contribution < -0.4 is 0 Å². The third-order valence-electron chi connectivity index (χ3n) is 4.52. The Labute approximate surface area is 100 Å². The predicted octanol–water partition coefficient (Wildman–Crippen LogP) is 4.09. The Morgan fingerprint density at radius 2 is 2.31 bits per heavy atom. The van der Waals surface area contributed by atoms with E-state index in [9.17, 15) is 0 Å². The molecule has 1 rings (SSSR count). The van der Waals surface area contributed by atoms with Crippen LogP contribution in [-0.2, 0) is 0 Å². The second-order valence-corrected chi connectivity index (χ2v) is 5.52. The fraction of sp³-hybridized carbons (Fsp3) is 0.733. The molecule has 0 saturated heterocycles. The van der Waals surface area contributed by atoms with Gasteiger partial charge in [0.15, 0.2) is 0 Å². The van der Waals surface area contributed by atoms with Gasteiger partial charge in [-0.05, 0) is 50.9 Å². The van der Waals surface area contributed by atoms with Gasteiger partial charge in [-0.1, -0.05) is 37.1 Å². The van der Waals surface area contributed by atoms with Gasteiger partial charge < -0.3 is 5.11 Å². The number of aliphatic hydroxyl groups is 1. The maximum absolute atomic E-state index is 8.85. The van der Waals surface area contributed by atoms with Gasteiger partial charge in [-0.15, -0.1) is 0 Å². The van der Waals surface area contributed by atoms with Crippen LogP contribution in [0.3, 0.4) is 0 Å². The van der Waals surface area contributed by atoms with Crippen LogP contribution in [-0.4, -0.2) is 11.7 Å². The smallest absolute Gasteiger partial charge is 0.0614 e. The quantitative estimate of drug-likeness (QED) is 0.710. The molecule has 0 aliphatic heterocycles. The van der Waals surface area contributed by atoms with E-state index in [-0.39, 0.29) is 6.61 Å². The SMILES string of the molecule is CC(=CCO)CCC1(C)C(C)=CCCC1C. The lowest BCUT2D eigenvalue weighted by atomic mass is 9.65. The highest BCUT2D eigenvalue weighted by Crippen LogP contribution is 2.45. The highest BCUT2D eigenvalue weighted by atomic mass is 16.2. The summed E-state index contributed by atoms with van der Waals surface area (Å²) in [5.74, 6) is 0.777. The molecule has 16 heavy (non-hydrogen) atoms. The summed E-state index contributed by atoms with van der Waals surface area (Å²) in [6.07, 6.45) is 9.21. The summed E-state index contributed by atoms with van der Waals surface area (Å²) in [5.41, 5.74) is 3.24. The molecular formula is C15H26O. The molecule has 1 aliphatic rings. The Kier molecular flexibility index (Phi) is 4.79. The van der Waals surface area contributed by atoms with Crippen molar-refractivity contribution in [1.82, 2.24) is 0 Å². The minimum Gasteiger partial charge on any atom is -0.392 e. The molecule has 0 heterocycles. The van der Waals surface area contributed by atoms with E-state index in [0.717, 1.165) is 12.3 Å². The van der Waals surface area contributed by atoms with Crippen LogP contribution in [0.4, 0.5) is 0 Å². The van der Waals surface area contributed by atoms with E-state index < -0.39 is 0 Å². The van der Waals surface area contributed by atoms with E-state index in [1.54, 1.807) is 5.57 Å². The fourth-order valence-corrected chi connectivity index (χ4v) is 2.65. The molecule has 0 aromatic rings. The molecule has 0 spiro atoms. The lowest BCUT2D eigenvalue weighted by Gasteiger charge is -2.40. The Morgan fingerprint density at radius 1 is 1.62 bits per heavy atom. The zero-order valence-electron chi connectivity index (χ0n) is 11.2. The zero-order chi connectivity index (χ0) is 12.2. The van der Waals surface area contributed by atoms with Gasteiger partial charge in [0.1, 0.15) is 0 Å². The second-order valence-electron chi connectivity index (χ2n) is 5.52. The second kappa shape index (κ2) is 5.67. The van der Waals surface area contributed by atoms with E-state index in [2.05, 4.69) is 33.8 Å². The van der Waals surface area contributed by atoms with Crippen LogP contribution in [0.1, 0.15) is 53.4 Å². The molecule has 0 radical (unpaired) electrons. The van der Waals surface area contributed by atoms with Crippen LogP contribution in [0.5, 0.6) is 0 Å². The number of allylic oxidation sites excluding steroid dienone is 3. The maximum atomic E-state index is 8.85. The third-order valence-corrected chi connectivity index (χ3v) is 4.52. The summed E-state index contributed by atoms with van der Waals surface area (Å²) in [6, 6.07) is 0. The van der Waals surface area contributed by atoms with Crippen molar-refractivity contribution in [2.75, 3.05) is 6.61 Å². The molecule has 92 valence electrons. The Morgan fingerprint density at radius 3 is 2.88 bits per heavy atom. The molecule has 1 aliphatic carbocycles. The first-order valence-corrected chi connectivity index (χ1v) is 6.44. The van der Waals surface area contributed by atoms with Crippen molar-refractivity contribution in [2.45, 2.75) is 53.4 Å². The van der Waals surface area contributed by atoms with Crippen molar-refractivity contribution in [3.8, 4) is 0 Å². The van der Waals surface area contributed by atoms with Crippen LogP contribution >= 0.6 is 0 Å². The molecule has 0 fully saturated rings. The Bertz CT molecular complexity index is 288. The van der Waals surface area contributed by atoms with E-state index in [4.69, 9.17) is 5.11 Å². The lowest BCUT2D eigenvalue weighted by molar-refractivity contribution is 0.211. The molecule has 1 heteroatoms. The summed E-state index contributed by atoms with van der Waals surface area (Å²) < 4.78 is 0. The van der Waals surface area contributed by atoms with Gasteiger partial charge in [-0.25, -0.2) is 0 Å². The number of hydrogen-bond donors (Lipinski definition) is 1. The number of hydrogen-bond acceptors (Lipinski definition) is 1. The molecule has 0 bridgehead atoms. The molecule has 1 nitrogen and oxygen atoms in total. The fourth-order valence-electron chi connectivity index (χ4n) is 2.65. The van der Waals surface area contributed by atoms with Gasteiger partial charge in [0.2, 0.25) is 0 Å². The molecule has 0 amide bonds. The minimum atomic E-state index is 0.174. The molecule has 0 saturated carbocycles. The normalized spacial score (nSPS) is 31.4. The van der Waals surface area contributed by atoms with Crippen LogP contribution in [0.15, 0.2) is 23.3 Å². The van der Waals surface area contributed by atoms with Crippen molar-refractivity contribution in [3.63, 3.8) is 0 Å². The van der Waals surface area contributed by atoms with Crippen molar-refractivity contribution < 1.29 is 5.11 Å². The van der Waals surface area contributed by atoms with Crippen molar-refractivity contribution in [2.24, 2.45) is 11.3 Å². The van der Waals surface area contributed by atoms with Gasteiger partial charge in [0.25, 0.3) is 0 Å². The molecular weight excluding hydrogens is 196 g/mol. The average Bonchev–Trinajstić information content (AvgIpc) is 2.24. The van der Waals surface area contributed by atoms with Crippen molar-refractivity contribution in [1.29, 1.82) is 0 Å². The van der Waals surface area contributed by atoms with Crippen molar-refractivity contribution >= 4 is 0 Å². The van der Waals surface area contributed by atoms with E-state index >= 15 is 0 Å². The summed E-state index contributed by atoms with van der Waals surface area (Å²) >= 11 is 0. The first-order valence-electron chi connectivity index (χ1n) is 6.44. The van der Waals surface area contributed by atoms with Gasteiger partial charge >= 0.3 is 0 Å². The van der Waals surface area contributed by atoms with E-state index in [0.29, 0.717) is 5.41 Å². The number of aliphatic hydroxyl groups excluding tert-OH is 1. The molecule has 0 aromatic carbocycles. The Balaban J connectivity index is 2.66. The van der Waals surface area contributed by atoms with Gasteiger partial charge in [-0.2, -0.15) is 0 Å². The topological polar surface area (TPSA) is 20.2 Å². The van der Waals surface area contributed by atoms with Crippen molar-refractivity contribution in [3.05, 3.63) is 23.3 Å². The van der Waals surface area contributed by atoms with Crippen LogP contribution in [0.25, 0.3) is 0 Å². The first-order chi connectivity index (χ1) is 7.50. The molecule has 2 atom stereocenters. The maximum Gasteiger partial charge on any atom is 0.0614 e. The number of rotatable bonds is 4. The van der Waals surface area contributed by atoms with Gasteiger partial charge in [-0.3, -0.25) is 0 Å². The first kappa shape index (κ1) is 13.5.